The van der Waals surface area contributed by atoms with Crippen LogP contribution in [-0.2, 0) is 0 Å². The van der Waals surface area contributed by atoms with E-state index in [1.54, 1.807) is 0 Å². The Morgan fingerprint density at radius 2 is 1.62 bits per heavy atom. The van der Waals surface area contributed by atoms with Crippen LogP contribution in [0.4, 0.5) is 0 Å². The third-order valence-corrected chi connectivity index (χ3v) is 5.03. The van der Waals surface area contributed by atoms with Crippen molar-refractivity contribution in [3.63, 3.8) is 0 Å². The molecule has 0 aliphatic heterocycles. The number of hydrogen-bond donors (Lipinski definition) is 0. The van der Waals surface area contributed by atoms with Crippen LogP contribution < -0.4 is 4.74 Å². The van der Waals surface area contributed by atoms with Gasteiger partial charge in [-0.05, 0) is 40.6 Å². The van der Waals surface area contributed by atoms with E-state index in [-0.39, 0.29) is 5.88 Å². The summed E-state index contributed by atoms with van der Waals surface area (Å²) >= 11 is 0. The number of fused-ring (bicyclic) bond motifs is 2. The van der Waals surface area contributed by atoms with Crippen LogP contribution in [0.25, 0.3) is 44.3 Å². The number of rotatable bonds is 3. The highest BCUT2D eigenvalue weighted by atomic mass is 16.5. The number of ether oxygens (including phenoxy) is 1. The third kappa shape index (κ3) is 2.90. The Balaban J connectivity index is 1.75. The average Bonchev–Trinajstić information content (AvgIpc) is 3.22. The summed E-state index contributed by atoms with van der Waals surface area (Å²) in [5.41, 5.74) is 3.52. The molecule has 0 radical (unpaired) electrons. The van der Waals surface area contributed by atoms with E-state index >= 15 is 0 Å². The van der Waals surface area contributed by atoms with Crippen LogP contribution in [-0.4, -0.2) is 12.1 Å². The molecule has 0 fully saturated rings. The first-order valence-electron chi connectivity index (χ1n) is 9.24. The molecule has 5 rings (SSSR count). The quantitative estimate of drug-likeness (QED) is 0.376. The lowest BCUT2D eigenvalue weighted by Crippen LogP contribution is -1.97. The van der Waals surface area contributed by atoms with E-state index in [0.29, 0.717) is 17.0 Å². The molecule has 0 unspecified atom stereocenters. The van der Waals surface area contributed by atoms with Gasteiger partial charge in [0.2, 0.25) is 5.88 Å². The van der Waals surface area contributed by atoms with E-state index in [9.17, 15) is 5.26 Å². The number of benzene rings is 3. The zero-order chi connectivity index (χ0) is 19.8. The second kappa shape index (κ2) is 6.81. The fraction of sp³-hybridized carbons (Fsp3) is 0.0400. The van der Waals surface area contributed by atoms with Crippen molar-refractivity contribution in [3.05, 3.63) is 84.4 Å². The zero-order valence-electron chi connectivity index (χ0n) is 15.7. The Labute approximate surface area is 167 Å². The number of furan rings is 1. The third-order valence-electron chi connectivity index (χ3n) is 5.03. The van der Waals surface area contributed by atoms with Gasteiger partial charge in [-0.25, -0.2) is 4.98 Å². The molecule has 0 saturated carbocycles. The standard InChI is InChI=1S/C25H16N2O2/c1-28-25-21(15-26)20(18-11-10-16-6-2-3-7-17(16)12-18)14-22(27-25)24-13-19-8-4-5-9-23(19)29-24/h2-14H,1H3. The predicted molar refractivity (Wildman–Crippen MR) is 114 cm³/mol. The van der Waals surface area contributed by atoms with Gasteiger partial charge in [0, 0.05) is 10.9 Å². The molecule has 3 aromatic carbocycles. The molecule has 5 aromatic rings. The van der Waals surface area contributed by atoms with Gasteiger partial charge in [-0.1, -0.05) is 54.6 Å². The summed E-state index contributed by atoms with van der Waals surface area (Å²) < 4.78 is 11.4. The van der Waals surface area contributed by atoms with Crippen LogP contribution in [0.3, 0.4) is 0 Å². The maximum atomic E-state index is 9.79. The van der Waals surface area contributed by atoms with Crippen molar-refractivity contribution in [2.75, 3.05) is 7.11 Å². The molecule has 138 valence electrons. The maximum Gasteiger partial charge on any atom is 0.232 e. The highest BCUT2D eigenvalue weighted by Crippen LogP contribution is 2.36. The van der Waals surface area contributed by atoms with Gasteiger partial charge in [0.1, 0.15) is 22.9 Å². The van der Waals surface area contributed by atoms with Crippen molar-refractivity contribution in [2.45, 2.75) is 0 Å². The van der Waals surface area contributed by atoms with E-state index in [0.717, 1.165) is 32.9 Å². The second-order valence-electron chi connectivity index (χ2n) is 6.76. The summed E-state index contributed by atoms with van der Waals surface area (Å²) in [5.74, 6) is 0.921. The van der Waals surface area contributed by atoms with E-state index in [1.165, 1.54) is 7.11 Å². The van der Waals surface area contributed by atoms with Gasteiger partial charge in [0.05, 0.1) is 7.11 Å². The normalized spacial score (nSPS) is 10.9. The smallest absolute Gasteiger partial charge is 0.232 e. The van der Waals surface area contributed by atoms with Crippen molar-refractivity contribution < 1.29 is 9.15 Å². The maximum absolute atomic E-state index is 9.79. The van der Waals surface area contributed by atoms with Crippen LogP contribution >= 0.6 is 0 Å². The summed E-state index contributed by atoms with van der Waals surface area (Å²) in [4.78, 5) is 4.54. The number of aromatic nitrogens is 1. The molecule has 0 amide bonds. The summed E-state index contributed by atoms with van der Waals surface area (Å²) in [6, 6.07) is 28.2. The first-order chi connectivity index (χ1) is 14.3. The first-order valence-corrected chi connectivity index (χ1v) is 9.24. The fourth-order valence-corrected chi connectivity index (χ4v) is 3.60. The Kier molecular flexibility index (Phi) is 4.00. The highest BCUT2D eigenvalue weighted by Gasteiger charge is 2.18. The molecule has 0 bridgehead atoms. The summed E-state index contributed by atoms with van der Waals surface area (Å²) in [6.07, 6.45) is 0. The molecule has 29 heavy (non-hydrogen) atoms. The van der Waals surface area contributed by atoms with Gasteiger partial charge >= 0.3 is 0 Å². The fourth-order valence-electron chi connectivity index (χ4n) is 3.60. The van der Waals surface area contributed by atoms with E-state index in [1.807, 2.05) is 54.6 Å². The first kappa shape index (κ1) is 17.0. The van der Waals surface area contributed by atoms with Crippen molar-refractivity contribution in [1.82, 2.24) is 4.98 Å². The number of para-hydroxylation sites is 1. The molecular formula is C25H16N2O2. The summed E-state index contributed by atoms with van der Waals surface area (Å²) in [5, 5.41) is 13.0. The molecule has 0 spiro atoms. The number of methoxy groups -OCH3 is 1. The monoisotopic (exact) mass is 376 g/mol. The van der Waals surface area contributed by atoms with Gasteiger partial charge < -0.3 is 9.15 Å². The van der Waals surface area contributed by atoms with Crippen molar-refractivity contribution >= 4 is 21.7 Å². The number of pyridine rings is 1. The van der Waals surface area contributed by atoms with Gasteiger partial charge in [-0.3, -0.25) is 0 Å². The highest BCUT2D eigenvalue weighted by molar-refractivity contribution is 5.90. The molecular weight excluding hydrogens is 360 g/mol. The van der Waals surface area contributed by atoms with Crippen LogP contribution in [0.15, 0.2) is 83.3 Å². The number of nitriles is 1. The average molecular weight is 376 g/mol. The minimum Gasteiger partial charge on any atom is -0.480 e. The number of hydrogen-bond acceptors (Lipinski definition) is 4. The molecule has 2 aromatic heterocycles. The Morgan fingerprint density at radius 3 is 2.38 bits per heavy atom. The molecule has 0 aliphatic rings. The molecule has 0 N–H and O–H groups in total. The van der Waals surface area contributed by atoms with Gasteiger partial charge in [-0.2, -0.15) is 5.26 Å². The van der Waals surface area contributed by atoms with Gasteiger partial charge in [-0.15, -0.1) is 0 Å². The van der Waals surface area contributed by atoms with Gasteiger partial charge in [0.15, 0.2) is 5.76 Å². The Bertz CT molecular complexity index is 1380. The van der Waals surface area contributed by atoms with Crippen LogP contribution in [0, 0.1) is 11.3 Å². The lowest BCUT2D eigenvalue weighted by Gasteiger charge is -2.11. The molecule has 0 atom stereocenters. The van der Waals surface area contributed by atoms with E-state index < -0.39 is 0 Å². The largest absolute Gasteiger partial charge is 0.480 e. The SMILES string of the molecule is COc1nc(-c2cc3ccccc3o2)cc(-c2ccc3ccccc3c2)c1C#N. The summed E-state index contributed by atoms with van der Waals surface area (Å²) in [6.45, 7) is 0. The summed E-state index contributed by atoms with van der Waals surface area (Å²) in [7, 11) is 1.52. The molecule has 4 nitrogen and oxygen atoms in total. The zero-order valence-corrected chi connectivity index (χ0v) is 15.7. The molecule has 4 heteroatoms. The Morgan fingerprint density at radius 1 is 0.862 bits per heavy atom. The van der Waals surface area contributed by atoms with Crippen LogP contribution in [0.5, 0.6) is 5.88 Å². The second-order valence-corrected chi connectivity index (χ2v) is 6.76. The van der Waals surface area contributed by atoms with Crippen LogP contribution in [0.1, 0.15) is 5.56 Å². The lowest BCUT2D eigenvalue weighted by molar-refractivity contribution is 0.397. The predicted octanol–water partition coefficient (Wildman–Crippen LogP) is 6.20. The van der Waals surface area contributed by atoms with Crippen molar-refractivity contribution in [2.24, 2.45) is 0 Å². The molecule has 0 saturated heterocycles. The van der Waals surface area contributed by atoms with Gasteiger partial charge in [0.25, 0.3) is 0 Å². The van der Waals surface area contributed by atoms with Crippen LogP contribution in [0.2, 0.25) is 0 Å². The minimum atomic E-state index is 0.286. The van der Waals surface area contributed by atoms with E-state index in [4.69, 9.17) is 9.15 Å². The molecule has 0 aliphatic carbocycles. The molecule has 2 heterocycles. The lowest BCUT2D eigenvalue weighted by atomic mass is 9.97. The van der Waals surface area contributed by atoms with Crippen molar-refractivity contribution in [1.29, 1.82) is 5.26 Å². The van der Waals surface area contributed by atoms with E-state index in [2.05, 4.69) is 35.3 Å². The number of nitrogens with zero attached hydrogens (tertiary/aromatic N) is 2. The topological polar surface area (TPSA) is 59.1 Å². The minimum absolute atomic E-state index is 0.286. The Hall–Kier alpha value is -4.10. The van der Waals surface area contributed by atoms with Crippen molar-refractivity contribution in [3.8, 4) is 34.5 Å².